The van der Waals surface area contributed by atoms with Crippen molar-refractivity contribution in [2.75, 3.05) is 23.7 Å². The highest BCUT2D eigenvalue weighted by Gasteiger charge is 2.21. The number of piperidine rings is 1. The van der Waals surface area contributed by atoms with Crippen LogP contribution in [-0.2, 0) is 11.2 Å². The quantitative estimate of drug-likeness (QED) is 0.776. The molecule has 0 bridgehead atoms. The highest BCUT2D eigenvalue weighted by Crippen LogP contribution is 2.15. The summed E-state index contributed by atoms with van der Waals surface area (Å²) in [7, 11) is 0. The first kappa shape index (κ1) is 18.9. The Labute approximate surface area is 159 Å². The lowest BCUT2D eigenvalue weighted by Gasteiger charge is -2.29. The maximum absolute atomic E-state index is 12.3. The molecule has 1 heterocycles. The molecule has 3 rings (SSSR count). The Bertz CT molecular complexity index is 779. The monoisotopic (exact) mass is 367 g/mol. The van der Waals surface area contributed by atoms with Crippen molar-refractivity contribution in [3.8, 4) is 0 Å². The van der Waals surface area contributed by atoms with Crippen LogP contribution in [0, 0.1) is 6.92 Å². The lowest BCUT2D eigenvalue weighted by molar-refractivity contribution is -0.132. The van der Waals surface area contributed by atoms with Gasteiger partial charge in [0.05, 0.1) is 12.5 Å². The number of aryl methyl sites for hydroxylation is 1. The zero-order valence-electron chi connectivity index (χ0n) is 15.4. The molecule has 0 aromatic heterocycles. The highest BCUT2D eigenvalue weighted by atomic mass is 16.3. The first-order valence-corrected chi connectivity index (χ1v) is 9.19. The second-order valence-electron chi connectivity index (χ2n) is 6.93. The van der Waals surface area contributed by atoms with Gasteiger partial charge in [-0.15, -0.1) is 0 Å². The molecule has 27 heavy (non-hydrogen) atoms. The molecule has 0 spiro atoms. The van der Waals surface area contributed by atoms with Gasteiger partial charge in [-0.1, -0.05) is 29.8 Å². The van der Waals surface area contributed by atoms with Crippen LogP contribution in [0.15, 0.2) is 48.5 Å². The Balaban J connectivity index is 1.50. The molecule has 2 aromatic rings. The van der Waals surface area contributed by atoms with Gasteiger partial charge >= 0.3 is 6.03 Å². The summed E-state index contributed by atoms with van der Waals surface area (Å²) in [4.78, 5) is 26.2. The summed E-state index contributed by atoms with van der Waals surface area (Å²) >= 11 is 0. The van der Waals surface area contributed by atoms with Crippen molar-refractivity contribution >= 4 is 23.3 Å². The minimum absolute atomic E-state index is 0.0692. The molecule has 6 heteroatoms. The molecule has 1 fully saturated rings. The molecular formula is C21H25N3O3. The van der Waals surface area contributed by atoms with Gasteiger partial charge in [-0.25, -0.2) is 4.79 Å². The largest absolute Gasteiger partial charge is 0.393 e. The third-order valence-electron chi connectivity index (χ3n) is 4.69. The zero-order valence-corrected chi connectivity index (χ0v) is 15.4. The standard InChI is InChI=1S/C21H25N3O3/c1-15-2-6-17(7-3-15)22-21(27)23-18-8-4-16(5-9-18)14-20(26)24-12-10-19(25)11-13-24/h2-9,19,25H,10-14H2,1H3,(H2,22,23,27). The first-order valence-electron chi connectivity index (χ1n) is 9.19. The van der Waals surface area contributed by atoms with E-state index in [9.17, 15) is 14.7 Å². The summed E-state index contributed by atoms with van der Waals surface area (Å²) in [6.07, 6.45) is 1.33. The third-order valence-corrected chi connectivity index (χ3v) is 4.69. The van der Waals surface area contributed by atoms with Crippen molar-refractivity contribution in [1.82, 2.24) is 4.90 Å². The summed E-state index contributed by atoms with van der Waals surface area (Å²) in [5.41, 5.74) is 3.42. The summed E-state index contributed by atoms with van der Waals surface area (Å²) in [5, 5.41) is 15.1. The van der Waals surface area contributed by atoms with Crippen molar-refractivity contribution < 1.29 is 14.7 Å². The van der Waals surface area contributed by atoms with Gasteiger partial charge < -0.3 is 20.6 Å². The normalized spacial score (nSPS) is 14.7. The van der Waals surface area contributed by atoms with Gasteiger partial charge in [0.1, 0.15) is 0 Å². The number of nitrogens with zero attached hydrogens (tertiary/aromatic N) is 1. The molecule has 1 saturated heterocycles. The van der Waals surface area contributed by atoms with Crippen molar-refractivity contribution in [3.63, 3.8) is 0 Å². The number of aliphatic hydroxyl groups excluding tert-OH is 1. The Morgan fingerprint density at radius 3 is 2.04 bits per heavy atom. The Hall–Kier alpha value is -2.86. The summed E-state index contributed by atoms with van der Waals surface area (Å²) in [5.74, 6) is 0.0692. The summed E-state index contributed by atoms with van der Waals surface area (Å²) in [6, 6.07) is 14.5. The molecule has 0 atom stereocenters. The topological polar surface area (TPSA) is 81.7 Å². The number of hydrogen-bond donors (Lipinski definition) is 3. The van der Waals surface area contributed by atoms with E-state index in [-0.39, 0.29) is 18.0 Å². The number of aliphatic hydroxyl groups is 1. The number of carbonyl (C=O) groups is 2. The molecule has 3 N–H and O–H groups in total. The fourth-order valence-corrected chi connectivity index (χ4v) is 3.04. The van der Waals surface area contributed by atoms with Crippen LogP contribution in [0.25, 0.3) is 0 Å². The SMILES string of the molecule is Cc1ccc(NC(=O)Nc2ccc(CC(=O)N3CCC(O)CC3)cc2)cc1. The predicted molar refractivity (Wildman–Crippen MR) is 106 cm³/mol. The maximum atomic E-state index is 12.3. The Kier molecular flexibility index (Phi) is 6.08. The molecule has 1 aliphatic heterocycles. The van der Waals surface area contributed by atoms with E-state index in [0.717, 1.165) is 16.8 Å². The van der Waals surface area contributed by atoms with Crippen LogP contribution in [-0.4, -0.2) is 41.1 Å². The second kappa shape index (κ2) is 8.68. The number of urea groups is 1. The van der Waals surface area contributed by atoms with Gasteiger partial charge in [-0.2, -0.15) is 0 Å². The fourth-order valence-electron chi connectivity index (χ4n) is 3.04. The van der Waals surface area contributed by atoms with Gasteiger partial charge in [0.15, 0.2) is 0 Å². The van der Waals surface area contributed by atoms with E-state index in [0.29, 0.717) is 38.0 Å². The Morgan fingerprint density at radius 1 is 0.963 bits per heavy atom. The number of carbonyl (C=O) groups excluding carboxylic acids is 2. The van der Waals surface area contributed by atoms with Crippen molar-refractivity contribution in [3.05, 3.63) is 59.7 Å². The summed E-state index contributed by atoms with van der Waals surface area (Å²) < 4.78 is 0. The van der Waals surface area contributed by atoms with E-state index in [1.54, 1.807) is 17.0 Å². The zero-order chi connectivity index (χ0) is 19.2. The molecule has 0 radical (unpaired) electrons. The average Bonchev–Trinajstić information content (AvgIpc) is 2.66. The maximum Gasteiger partial charge on any atom is 0.323 e. The smallest absolute Gasteiger partial charge is 0.323 e. The van der Waals surface area contributed by atoms with Crippen LogP contribution in [0.2, 0.25) is 0 Å². The van der Waals surface area contributed by atoms with Gasteiger partial charge in [-0.3, -0.25) is 4.79 Å². The minimum Gasteiger partial charge on any atom is -0.393 e. The number of nitrogens with one attached hydrogen (secondary N) is 2. The molecule has 142 valence electrons. The van der Waals surface area contributed by atoms with E-state index in [2.05, 4.69) is 10.6 Å². The first-order chi connectivity index (χ1) is 13.0. The van der Waals surface area contributed by atoms with Crippen molar-refractivity contribution in [2.45, 2.75) is 32.3 Å². The van der Waals surface area contributed by atoms with E-state index in [1.807, 2.05) is 43.3 Å². The number of benzene rings is 2. The molecule has 2 aromatic carbocycles. The molecular weight excluding hydrogens is 342 g/mol. The van der Waals surface area contributed by atoms with E-state index in [4.69, 9.17) is 0 Å². The molecule has 0 saturated carbocycles. The third kappa shape index (κ3) is 5.56. The van der Waals surface area contributed by atoms with E-state index in [1.165, 1.54) is 0 Å². The van der Waals surface area contributed by atoms with Gasteiger partial charge in [-0.05, 0) is 49.6 Å². The number of anilines is 2. The number of rotatable bonds is 4. The fraction of sp³-hybridized carbons (Fsp3) is 0.333. The molecule has 1 aliphatic rings. The van der Waals surface area contributed by atoms with Crippen LogP contribution in [0.4, 0.5) is 16.2 Å². The number of amides is 3. The molecule has 3 amide bonds. The van der Waals surface area contributed by atoms with Crippen LogP contribution >= 0.6 is 0 Å². The number of likely N-dealkylation sites (tertiary alicyclic amines) is 1. The van der Waals surface area contributed by atoms with Crippen molar-refractivity contribution in [1.29, 1.82) is 0 Å². The second-order valence-corrected chi connectivity index (χ2v) is 6.93. The molecule has 0 aliphatic carbocycles. The van der Waals surface area contributed by atoms with Crippen LogP contribution in [0.3, 0.4) is 0 Å². The molecule has 0 unspecified atom stereocenters. The van der Waals surface area contributed by atoms with Crippen LogP contribution < -0.4 is 10.6 Å². The lowest BCUT2D eigenvalue weighted by atomic mass is 10.1. The predicted octanol–water partition coefficient (Wildman–Crippen LogP) is 3.16. The Morgan fingerprint density at radius 2 is 1.48 bits per heavy atom. The minimum atomic E-state index is -0.311. The average molecular weight is 367 g/mol. The van der Waals surface area contributed by atoms with Gasteiger partial charge in [0.25, 0.3) is 0 Å². The van der Waals surface area contributed by atoms with Crippen LogP contribution in [0.5, 0.6) is 0 Å². The van der Waals surface area contributed by atoms with Crippen LogP contribution in [0.1, 0.15) is 24.0 Å². The van der Waals surface area contributed by atoms with Crippen molar-refractivity contribution in [2.24, 2.45) is 0 Å². The van der Waals surface area contributed by atoms with E-state index >= 15 is 0 Å². The number of hydrogen-bond acceptors (Lipinski definition) is 3. The lowest BCUT2D eigenvalue weighted by Crippen LogP contribution is -2.40. The molecule has 6 nitrogen and oxygen atoms in total. The van der Waals surface area contributed by atoms with Gasteiger partial charge in [0.2, 0.25) is 5.91 Å². The summed E-state index contributed by atoms with van der Waals surface area (Å²) in [6.45, 7) is 3.21. The van der Waals surface area contributed by atoms with E-state index < -0.39 is 0 Å². The highest BCUT2D eigenvalue weighted by molar-refractivity contribution is 5.99. The van der Waals surface area contributed by atoms with Gasteiger partial charge in [0, 0.05) is 24.5 Å².